The third-order valence-electron chi connectivity index (χ3n) is 3.53. The fraction of sp³-hybridized carbons (Fsp3) is 0.571. The number of aldehydes is 1. The molecule has 1 N–H and O–H groups in total. The molecule has 6 nitrogen and oxygen atoms in total. The van der Waals surface area contributed by atoms with Crippen LogP contribution in [-0.4, -0.2) is 44.2 Å². The van der Waals surface area contributed by atoms with E-state index in [0.29, 0.717) is 30.4 Å². The number of anilines is 1. The van der Waals surface area contributed by atoms with E-state index in [1.165, 1.54) is 0 Å². The molecule has 2 saturated heterocycles. The Kier molecular flexibility index (Phi) is 4.25. The summed E-state index contributed by atoms with van der Waals surface area (Å²) in [6.45, 7) is 3.50. The molecule has 2 fully saturated rings. The summed E-state index contributed by atoms with van der Waals surface area (Å²) in [6, 6.07) is 3.55. The first-order chi connectivity index (χ1) is 9.86. The molecular weight excluding hydrogens is 260 g/mol. The lowest BCUT2D eigenvalue weighted by Crippen LogP contribution is -2.16. The standard InChI is InChI=1S/C14H18N2O4/c17-8-11-1-2-12(15-7-10-3-4-18-9-10)16-13(11)14-19-5-6-20-14/h1-2,8,10,14H,3-7,9H2,(H,15,16). The first-order valence-corrected chi connectivity index (χ1v) is 6.88. The van der Waals surface area contributed by atoms with Gasteiger partial charge in [0, 0.05) is 24.6 Å². The second kappa shape index (κ2) is 6.30. The maximum atomic E-state index is 11.1. The van der Waals surface area contributed by atoms with Gasteiger partial charge in [-0.3, -0.25) is 4.79 Å². The van der Waals surface area contributed by atoms with Gasteiger partial charge in [-0.15, -0.1) is 0 Å². The molecule has 3 heterocycles. The van der Waals surface area contributed by atoms with Crippen molar-refractivity contribution in [2.45, 2.75) is 12.7 Å². The third-order valence-corrected chi connectivity index (χ3v) is 3.53. The Morgan fingerprint density at radius 2 is 2.15 bits per heavy atom. The van der Waals surface area contributed by atoms with E-state index in [1.54, 1.807) is 12.1 Å². The normalized spacial score (nSPS) is 23.1. The summed E-state index contributed by atoms with van der Waals surface area (Å²) in [4.78, 5) is 15.5. The summed E-state index contributed by atoms with van der Waals surface area (Å²) in [5.74, 6) is 1.25. The smallest absolute Gasteiger partial charge is 0.202 e. The molecule has 6 heteroatoms. The fourth-order valence-corrected chi connectivity index (χ4v) is 2.38. The Labute approximate surface area is 117 Å². The number of ether oxygens (including phenoxy) is 3. The minimum absolute atomic E-state index is 0.506. The highest BCUT2D eigenvalue weighted by molar-refractivity contribution is 5.77. The van der Waals surface area contributed by atoms with Gasteiger partial charge in [0.2, 0.25) is 6.29 Å². The molecular formula is C14H18N2O4. The highest BCUT2D eigenvalue weighted by Gasteiger charge is 2.23. The number of aromatic nitrogens is 1. The van der Waals surface area contributed by atoms with Crippen LogP contribution >= 0.6 is 0 Å². The van der Waals surface area contributed by atoms with E-state index in [2.05, 4.69) is 10.3 Å². The number of nitrogens with zero attached hydrogens (tertiary/aromatic N) is 1. The molecule has 3 rings (SSSR count). The molecule has 0 radical (unpaired) electrons. The van der Waals surface area contributed by atoms with Crippen molar-refractivity contribution < 1.29 is 19.0 Å². The average Bonchev–Trinajstić information content (AvgIpc) is 3.18. The van der Waals surface area contributed by atoms with Crippen molar-refractivity contribution in [1.29, 1.82) is 0 Å². The molecule has 0 aromatic carbocycles. The van der Waals surface area contributed by atoms with Crippen LogP contribution in [0.4, 0.5) is 5.82 Å². The van der Waals surface area contributed by atoms with Gasteiger partial charge < -0.3 is 19.5 Å². The molecule has 0 spiro atoms. The molecule has 0 bridgehead atoms. The molecule has 1 unspecified atom stereocenters. The van der Waals surface area contributed by atoms with Gasteiger partial charge >= 0.3 is 0 Å². The van der Waals surface area contributed by atoms with Crippen LogP contribution in [-0.2, 0) is 14.2 Å². The van der Waals surface area contributed by atoms with Crippen molar-refractivity contribution in [3.63, 3.8) is 0 Å². The fourth-order valence-electron chi connectivity index (χ4n) is 2.38. The quantitative estimate of drug-likeness (QED) is 0.821. The van der Waals surface area contributed by atoms with E-state index in [9.17, 15) is 4.79 Å². The van der Waals surface area contributed by atoms with Gasteiger partial charge in [0.05, 0.1) is 19.8 Å². The highest BCUT2D eigenvalue weighted by atomic mass is 16.7. The number of nitrogens with one attached hydrogen (secondary N) is 1. The van der Waals surface area contributed by atoms with E-state index in [-0.39, 0.29) is 0 Å². The molecule has 20 heavy (non-hydrogen) atoms. The van der Waals surface area contributed by atoms with Crippen molar-refractivity contribution in [2.24, 2.45) is 5.92 Å². The van der Waals surface area contributed by atoms with Crippen LogP contribution in [0, 0.1) is 5.92 Å². The SMILES string of the molecule is O=Cc1ccc(NCC2CCOC2)nc1C1OCCO1. The Hall–Kier alpha value is -1.50. The minimum atomic E-state index is -0.535. The molecule has 1 atom stereocenters. The van der Waals surface area contributed by atoms with Crippen molar-refractivity contribution in [3.8, 4) is 0 Å². The molecule has 0 saturated carbocycles. The van der Waals surface area contributed by atoms with E-state index in [1.807, 2.05) is 0 Å². The Morgan fingerprint density at radius 3 is 2.85 bits per heavy atom. The van der Waals surface area contributed by atoms with Crippen LogP contribution in [0.25, 0.3) is 0 Å². The lowest BCUT2D eigenvalue weighted by molar-refractivity contribution is -0.0475. The summed E-state index contributed by atoms with van der Waals surface area (Å²) < 4.78 is 16.2. The lowest BCUT2D eigenvalue weighted by Gasteiger charge is -2.14. The van der Waals surface area contributed by atoms with Crippen LogP contribution < -0.4 is 5.32 Å². The number of carbonyl (C=O) groups is 1. The van der Waals surface area contributed by atoms with Crippen molar-refractivity contribution in [2.75, 3.05) is 38.3 Å². The second-order valence-corrected chi connectivity index (χ2v) is 4.97. The van der Waals surface area contributed by atoms with Gasteiger partial charge in [0.15, 0.2) is 6.29 Å². The van der Waals surface area contributed by atoms with E-state index < -0.39 is 6.29 Å². The van der Waals surface area contributed by atoms with Gasteiger partial charge in [-0.05, 0) is 18.6 Å². The zero-order valence-corrected chi connectivity index (χ0v) is 11.2. The number of hydrogen-bond acceptors (Lipinski definition) is 6. The van der Waals surface area contributed by atoms with Crippen molar-refractivity contribution in [3.05, 3.63) is 23.4 Å². The summed E-state index contributed by atoms with van der Waals surface area (Å²) >= 11 is 0. The second-order valence-electron chi connectivity index (χ2n) is 4.97. The predicted molar refractivity (Wildman–Crippen MR) is 71.7 cm³/mol. The first kappa shape index (κ1) is 13.5. The van der Waals surface area contributed by atoms with Crippen LogP contribution in [0.15, 0.2) is 12.1 Å². The maximum absolute atomic E-state index is 11.1. The van der Waals surface area contributed by atoms with E-state index >= 15 is 0 Å². The summed E-state index contributed by atoms with van der Waals surface area (Å²) in [6.07, 6.45) is 1.31. The number of hydrogen-bond donors (Lipinski definition) is 1. The van der Waals surface area contributed by atoms with Gasteiger partial charge in [-0.25, -0.2) is 4.98 Å². The molecule has 1 aromatic heterocycles. The zero-order valence-electron chi connectivity index (χ0n) is 11.2. The van der Waals surface area contributed by atoms with Crippen LogP contribution in [0.5, 0.6) is 0 Å². The topological polar surface area (TPSA) is 69.7 Å². The largest absolute Gasteiger partial charge is 0.381 e. The van der Waals surface area contributed by atoms with Gasteiger partial charge in [0.25, 0.3) is 0 Å². The first-order valence-electron chi connectivity index (χ1n) is 6.88. The average molecular weight is 278 g/mol. The monoisotopic (exact) mass is 278 g/mol. The number of rotatable bonds is 5. The third kappa shape index (κ3) is 2.98. The van der Waals surface area contributed by atoms with Gasteiger partial charge in [-0.1, -0.05) is 0 Å². The highest BCUT2D eigenvalue weighted by Crippen LogP contribution is 2.25. The summed E-state index contributed by atoms with van der Waals surface area (Å²) in [7, 11) is 0. The summed E-state index contributed by atoms with van der Waals surface area (Å²) in [5, 5.41) is 3.28. The molecule has 1 aromatic rings. The Balaban J connectivity index is 1.70. The summed E-state index contributed by atoms with van der Waals surface area (Å²) in [5.41, 5.74) is 1.05. The van der Waals surface area contributed by atoms with Crippen LogP contribution in [0.2, 0.25) is 0 Å². The Morgan fingerprint density at radius 1 is 1.30 bits per heavy atom. The van der Waals surface area contributed by atoms with Gasteiger partial charge in [0.1, 0.15) is 11.5 Å². The maximum Gasteiger partial charge on any atom is 0.202 e. The zero-order chi connectivity index (χ0) is 13.8. The van der Waals surface area contributed by atoms with Crippen molar-refractivity contribution >= 4 is 12.1 Å². The predicted octanol–water partition coefficient (Wildman–Crippen LogP) is 1.39. The molecule has 108 valence electrons. The molecule has 0 aliphatic carbocycles. The molecule has 0 amide bonds. The Bertz CT molecular complexity index is 468. The number of pyridine rings is 1. The number of carbonyl (C=O) groups excluding carboxylic acids is 1. The van der Waals surface area contributed by atoms with Crippen molar-refractivity contribution in [1.82, 2.24) is 4.98 Å². The van der Waals surface area contributed by atoms with E-state index in [0.717, 1.165) is 38.3 Å². The molecule has 2 aliphatic heterocycles. The van der Waals surface area contributed by atoms with E-state index in [4.69, 9.17) is 14.2 Å². The molecule has 2 aliphatic rings. The van der Waals surface area contributed by atoms with Gasteiger partial charge in [-0.2, -0.15) is 0 Å². The lowest BCUT2D eigenvalue weighted by atomic mass is 10.1. The van der Waals surface area contributed by atoms with Crippen LogP contribution in [0.3, 0.4) is 0 Å². The minimum Gasteiger partial charge on any atom is -0.381 e. The van der Waals surface area contributed by atoms with Crippen LogP contribution in [0.1, 0.15) is 28.8 Å².